The van der Waals surface area contributed by atoms with Gasteiger partial charge in [0.25, 0.3) is 0 Å². The molecule has 8 heavy (non-hydrogen) atoms. The number of nitriles is 1. The minimum atomic E-state index is -0.311. The summed E-state index contributed by atoms with van der Waals surface area (Å²) < 4.78 is 4.77. The zero-order valence-corrected chi connectivity index (χ0v) is 6.21. The van der Waals surface area contributed by atoms with E-state index in [0.717, 1.165) is 0 Å². The lowest BCUT2D eigenvalue weighted by molar-refractivity contribution is 0.296. The van der Waals surface area contributed by atoms with Gasteiger partial charge in [-0.25, -0.2) is 0 Å². The van der Waals surface area contributed by atoms with Crippen molar-refractivity contribution in [2.75, 3.05) is 0 Å². The standard InChI is InChI=1S/C4H6NOPS/c1-2-4(3-5)6-7-8/h4H,2H2,1H3. The third kappa shape index (κ3) is 3.04. The Balaban J connectivity index is 3.40. The molecule has 0 N–H and O–H groups in total. The summed E-state index contributed by atoms with van der Waals surface area (Å²) in [6, 6.07) is 1.96. The van der Waals surface area contributed by atoms with Gasteiger partial charge in [-0.15, -0.1) is 0 Å². The molecule has 0 saturated heterocycles. The Bertz CT molecular complexity index is 111. The predicted octanol–water partition coefficient (Wildman–Crippen LogP) is 1.63. The maximum atomic E-state index is 8.23. The number of nitrogens with zero attached hydrogens (tertiary/aromatic N) is 1. The summed E-state index contributed by atoms with van der Waals surface area (Å²) >= 11 is 4.46. The lowest BCUT2D eigenvalue weighted by Gasteiger charge is -1.97. The van der Waals surface area contributed by atoms with Gasteiger partial charge in [0, 0.05) is 0 Å². The molecule has 2 nitrogen and oxygen atoms in total. The first kappa shape index (κ1) is 7.97. The van der Waals surface area contributed by atoms with Gasteiger partial charge in [-0.1, -0.05) is 6.92 Å². The zero-order valence-electron chi connectivity index (χ0n) is 4.50. The van der Waals surface area contributed by atoms with E-state index in [1.54, 1.807) is 0 Å². The van der Waals surface area contributed by atoms with Crippen molar-refractivity contribution in [1.29, 1.82) is 5.26 Å². The summed E-state index contributed by atoms with van der Waals surface area (Å²) in [7, 11) is 0.416. The molecule has 0 heterocycles. The van der Waals surface area contributed by atoms with Crippen LogP contribution in [0.1, 0.15) is 13.3 Å². The molecule has 0 rings (SSSR count). The first-order valence-corrected chi connectivity index (χ1v) is 4.05. The summed E-state index contributed by atoms with van der Waals surface area (Å²) in [6.07, 6.45) is 0.398. The van der Waals surface area contributed by atoms with Crippen molar-refractivity contribution < 1.29 is 4.52 Å². The van der Waals surface area contributed by atoms with Gasteiger partial charge in [-0.3, -0.25) is 4.52 Å². The second kappa shape index (κ2) is 5.11. The van der Waals surface area contributed by atoms with E-state index in [4.69, 9.17) is 9.79 Å². The average Bonchev–Trinajstić information content (AvgIpc) is 1.83. The van der Waals surface area contributed by atoms with E-state index in [9.17, 15) is 0 Å². The van der Waals surface area contributed by atoms with Crippen molar-refractivity contribution in [2.45, 2.75) is 19.4 Å². The van der Waals surface area contributed by atoms with Crippen LogP contribution in [0, 0.1) is 11.3 Å². The van der Waals surface area contributed by atoms with Crippen molar-refractivity contribution in [3.63, 3.8) is 0 Å². The Labute approximate surface area is 55.4 Å². The third-order valence-corrected chi connectivity index (χ3v) is 1.28. The Morgan fingerprint density at radius 2 is 2.62 bits per heavy atom. The van der Waals surface area contributed by atoms with E-state index in [-0.39, 0.29) is 6.10 Å². The molecule has 0 saturated carbocycles. The molecule has 0 spiro atoms. The van der Waals surface area contributed by atoms with Gasteiger partial charge in [-0.2, -0.15) is 5.26 Å². The van der Waals surface area contributed by atoms with Crippen LogP contribution in [0.3, 0.4) is 0 Å². The largest absolute Gasteiger partial charge is 0.299 e. The molecule has 0 aromatic rings. The van der Waals surface area contributed by atoms with Crippen molar-refractivity contribution in [3.8, 4) is 6.07 Å². The summed E-state index contributed by atoms with van der Waals surface area (Å²) in [5, 5.41) is 8.23. The van der Waals surface area contributed by atoms with Crippen LogP contribution in [-0.2, 0) is 16.3 Å². The summed E-state index contributed by atoms with van der Waals surface area (Å²) in [5.41, 5.74) is 0. The Morgan fingerprint density at radius 1 is 2.00 bits per heavy atom. The van der Waals surface area contributed by atoms with E-state index in [1.165, 1.54) is 0 Å². The number of hydrogen-bond donors (Lipinski definition) is 0. The van der Waals surface area contributed by atoms with Crippen LogP contribution in [0.15, 0.2) is 0 Å². The van der Waals surface area contributed by atoms with Gasteiger partial charge in [0.15, 0.2) is 6.10 Å². The Morgan fingerprint density at radius 3 is 2.75 bits per heavy atom. The van der Waals surface area contributed by atoms with Gasteiger partial charge >= 0.3 is 0 Å². The van der Waals surface area contributed by atoms with Crippen LogP contribution >= 0.6 is 7.58 Å². The second-order valence-corrected chi connectivity index (χ2v) is 2.01. The van der Waals surface area contributed by atoms with E-state index in [0.29, 0.717) is 14.0 Å². The van der Waals surface area contributed by atoms with Crippen LogP contribution < -0.4 is 0 Å². The third-order valence-electron chi connectivity index (χ3n) is 0.685. The molecule has 0 bridgehead atoms. The van der Waals surface area contributed by atoms with E-state index >= 15 is 0 Å². The van der Waals surface area contributed by atoms with Gasteiger partial charge in [0.1, 0.15) is 7.58 Å². The van der Waals surface area contributed by atoms with Crippen molar-refractivity contribution in [1.82, 2.24) is 0 Å². The Hall–Kier alpha value is -0.0300. The van der Waals surface area contributed by atoms with Crippen LogP contribution in [0.2, 0.25) is 0 Å². The molecule has 0 aliphatic rings. The normalized spacial score (nSPS) is 13.0. The highest BCUT2D eigenvalue weighted by molar-refractivity contribution is 7.94. The molecular weight excluding hydrogens is 141 g/mol. The van der Waals surface area contributed by atoms with Crippen molar-refractivity contribution in [3.05, 3.63) is 0 Å². The number of rotatable bonds is 3. The summed E-state index contributed by atoms with van der Waals surface area (Å²) in [5.74, 6) is 0. The molecule has 0 aliphatic carbocycles. The summed E-state index contributed by atoms with van der Waals surface area (Å²) in [6.45, 7) is 1.88. The van der Waals surface area contributed by atoms with Gasteiger partial charge in [0.05, 0.1) is 6.07 Å². The highest BCUT2D eigenvalue weighted by Crippen LogP contribution is 2.04. The smallest absolute Gasteiger partial charge is 0.155 e. The van der Waals surface area contributed by atoms with Crippen LogP contribution in [0.25, 0.3) is 0 Å². The van der Waals surface area contributed by atoms with E-state index < -0.39 is 0 Å². The zero-order chi connectivity index (χ0) is 6.41. The SMILES string of the molecule is CCC(C#N)OP=S. The quantitative estimate of drug-likeness (QED) is 0.569. The molecule has 44 valence electrons. The molecule has 0 amide bonds. The van der Waals surface area contributed by atoms with Crippen molar-refractivity contribution >= 4 is 19.4 Å². The molecular formula is C4H6NOPS. The first-order chi connectivity index (χ1) is 3.85. The van der Waals surface area contributed by atoms with Crippen LogP contribution in [-0.4, -0.2) is 6.10 Å². The molecule has 0 fully saturated rings. The van der Waals surface area contributed by atoms with Crippen LogP contribution in [0.4, 0.5) is 0 Å². The van der Waals surface area contributed by atoms with Gasteiger partial charge in [-0.05, 0) is 18.2 Å². The fourth-order valence-electron chi connectivity index (χ4n) is 0.241. The molecule has 1 unspecified atom stereocenters. The molecule has 0 aromatic heterocycles. The first-order valence-electron chi connectivity index (χ1n) is 2.23. The predicted molar refractivity (Wildman–Crippen MR) is 35.1 cm³/mol. The van der Waals surface area contributed by atoms with E-state index in [1.807, 2.05) is 13.0 Å². The maximum absolute atomic E-state index is 8.23. The highest BCUT2D eigenvalue weighted by atomic mass is 32.4. The molecule has 0 aliphatic heterocycles. The average molecular weight is 147 g/mol. The van der Waals surface area contributed by atoms with Gasteiger partial charge < -0.3 is 0 Å². The molecule has 0 aromatic carbocycles. The lowest BCUT2D eigenvalue weighted by Crippen LogP contribution is -2.00. The Kier molecular flexibility index (Phi) is 5.09. The molecule has 1 atom stereocenters. The minimum absolute atomic E-state index is 0.311. The topological polar surface area (TPSA) is 33.0 Å². The summed E-state index contributed by atoms with van der Waals surface area (Å²) in [4.78, 5) is 0. The molecule has 0 radical (unpaired) electrons. The van der Waals surface area contributed by atoms with Gasteiger partial charge in [0.2, 0.25) is 0 Å². The van der Waals surface area contributed by atoms with Crippen LogP contribution in [0.5, 0.6) is 0 Å². The monoisotopic (exact) mass is 147 g/mol. The minimum Gasteiger partial charge on any atom is -0.299 e. The van der Waals surface area contributed by atoms with Crippen molar-refractivity contribution in [2.24, 2.45) is 0 Å². The second-order valence-electron chi connectivity index (χ2n) is 1.21. The lowest BCUT2D eigenvalue weighted by atomic mass is 10.3. The fourth-order valence-corrected chi connectivity index (χ4v) is 0.853. The highest BCUT2D eigenvalue weighted by Gasteiger charge is 1.99. The number of hydrogen-bond acceptors (Lipinski definition) is 3. The van der Waals surface area contributed by atoms with E-state index in [2.05, 4.69) is 11.8 Å². The molecule has 4 heteroatoms. The fraction of sp³-hybridized carbons (Fsp3) is 0.750. The maximum Gasteiger partial charge on any atom is 0.155 e.